The molecule has 2 aromatic heterocycles. The molecule has 0 radical (unpaired) electrons. The summed E-state index contributed by atoms with van der Waals surface area (Å²) in [5, 5.41) is 7.15. The van der Waals surface area contributed by atoms with Crippen LogP contribution in [0.4, 0.5) is 11.4 Å². The van der Waals surface area contributed by atoms with Gasteiger partial charge in [0.25, 0.3) is 5.56 Å². The lowest BCUT2D eigenvalue weighted by molar-refractivity contribution is 0.0199. The molecular weight excluding hydrogens is 372 g/mol. The van der Waals surface area contributed by atoms with Crippen LogP contribution in [0.2, 0.25) is 0 Å². The normalized spacial score (nSPS) is 14.4. The van der Waals surface area contributed by atoms with E-state index in [1.54, 1.807) is 25.4 Å². The minimum atomic E-state index is -0.671. The maximum absolute atomic E-state index is 12.9. The van der Waals surface area contributed by atoms with Crippen molar-refractivity contribution in [2.24, 2.45) is 0 Å². The van der Waals surface area contributed by atoms with Crippen molar-refractivity contribution >= 4 is 23.1 Å². The average Bonchev–Trinajstić information content (AvgIpc) is 2.71. The van der Waals surface area contributed by atoms with Crippen LogP contribution in [0.1, 0.15) is 72.4 Å². The summed E-state index contributed by atoms with van der Waals surface area (Å²) in [7, 11) is 0. The fourth-order valence-electron chi connectivity index (χ4n) is 3.51. The summed E-state index contributed by atoms with van der Waals surface area (Å²) in [6.07, 6.45) is 7.76. The zero-order chi connectivity index (χ0) is 21.0. The van der Waals surface area contributed by atoms with Gasteiger partial charge in [0.15, 0.2) is 11.5 Å². The van der Waals surface area contributed by atoms with Crippen molar-refractivity contribution < 1.29 is 14.3 Å². The Morgan fingerprint density at radius 3 is 2.62 bits per heavy atom. The van der Waals surface area contributed by atoms with E-state index in [1.165, 1.54) is 6.92 Å². The molecule has 0 atom stereocenters. The Morgan fingerprint density at radius 1 is 1.28 bits per heavy atom. The first kappa shape index (κ1) is 20.7. The van der Waals surface area contributed by atoms with E-state index in [0.29, 0.717) is 5.69 Å². The molecule has 2 heterocycles. The summed E-state index contributed by atoms with van der Waals surface area (Å²) in [4.78, 5) is 42.3. The molecule has 2 aromatic rings. The van der Waals surface area contributed by atoms with E-state index in [2.05, 4.69) is 15.4 Å². The van der Waals surface area contributed by atoms with E-state index >= 15 is 0 Å². The van der Waals surface area contributed by atoms with Crippen molar-refractivity contribution in [1.29, 1.82) is 0 Å². The highest BCUT2D eigenvalue weighted by Gasteiger charge is 2.28. The Labute approximate surface area is 169 Å². The number of ether oxygens (including phenoxy) is 1. The lowest BCUT2D eigenvalue weighted by Gasteiger charge is -2.22. The number of carbonyl (C=O) groups is 2. The maximum atomic E-state index is 12.9. The summed E-state index contributed by atoms with van der Waals surface area (Å²) >= 11 is 0. The number of esters is 1. The van der Waals surface area contributed by atoms with E-state index in [9.17, 15) is 14.4 Å². The van der Waals surface area contributed by atoms with Gasteiger partial charge in [0, 0.05) is 12.7 Å². The SMILES string of the molecule is CCn1nc(C(=O)OC2CCCCC2)c(C(C)=O)c(Nc2cnccc2C)c1=O. The average molecular weight is 398 g/mol. The maximum Gasteiger partial charge on any atom is 0.359 e. The number of anilines is 2. The second-order valence-electron chi connectivity index (χ2n) is 7.26. The van der Waals surface area contributed by atoms with Crippen LogP contribution in [0.25, 0.3) is 0 Å². The number of aryl methyl sites for hydroxylation is 2. The summed E-state index contributed by atoms with van der Waals surface area (Å²) in [5.74, 6) is -1.10. The Kier molecular flexibility index (Phi) is 6.41. The van der Waals surface area contributed by atoms with E-state index in [1.807, 2.05) is 6.92 Å². The number of pyridine rings is 1. The first-order valence-corrected chi connectivity index (χ1v) is 9.97. The van der Waals surface area contributed by atoms with Crippen LogP contribution in [0.3, 0.4) is 0 Å². The molecular formula is C21H26N4O4. The van der Waals surface area contributed by atoms with Gasteiger partial charge in [-0.2, -0.15) is 5.10 Å². The van der Waals surface area contributed by atoms with Crippen molar-refractivity contribution in [3.8, 4) is 0 Å². The molecule has 3 rings (SSSR count). The first-order chi connectivity index (χ1) is 13.9. The van der Waals surface area contributed by atoms with Gasteiger partial charge >= 0.3 is 5.97 Å². The molecule has 0 aromatic carbocycles. The number of carbonyl (C=O) groups excluding carboxylic acids is 2. The Balaban J connectivity index is 2.08. The zero-order valence-electron chi connectivity index (χ0n) is 17.0. The van der Waals surface area contributed by atoms with Crippen LogP contribution in [-0.2, 0) is 11.3 Å². The Bertz CT molecular complexity index is 977. The number of Topliss-reactive ketones (excluding diaryl/α,β-unsaturated/α-hetero) is 1. The highest BCUT2D eigenvalue weighted by atomic mass is 16.5. The smallest absolute Gasteiger partial charge is 0.359 e. The lowest BCUT2D eigenvalue weighted by Crippen LogP contribution is -2.32. The zero-order valence-corrected chi connectivity index (χ0v) is 17.0. The van der Waals surface area contributed by atoms with Crippen LogP contribution < -0.4 is 10.9 Å². The second kappa shape index (κ2) is 8.98. The van der Waals surface area contributed by atoms with Crippen molar-refractivity contribution in [3.63, 3.8) is 0 Å². The molecule has 8 nitrogen and oxygen atoms in total. The molecule has 0 unspecified atom stereocenters. The molecule has 8 heteroatoms. The van der Waals surface area contributed by atoms with Gasteiger partial charge in [-0.1, -0.05) is 6.42 Å². The molecule has 1 saturated carbocycles. The second-order valence-corrected chi connectivity index (χ2v) is 7.26. The van der Waals surface area contributed by atoms with Crippen molar-refractivity contribution in [3.05, 3.63) is 45.6 Å². The van der Waals surface area contributed by atoms with Gasteiger partial charge in [0.1, 0.15) is 11.8 Å². The molecule has 1 aliphatic carbocycles. The topological polar surface area (TPSA) is 103 Å². The third-order valence-corrected chi connectivity index (χ3v) is 5.13. The van der Waals surface area contributed by atoms with E-state index in [4.69, 9.17) is 4.74 Å². The van der Waals surface area contributed by atoms with Crippen LogP contribution in [0, 0.1) is 6.92 Å². The van der Waals surface area contributed by atoms with Crippen LogP contribution in [0.15, 0.2) is 23.3 Å². The third-order valence-electron chi connectivity index (χ3n) is 5.13. The summed E-state index contributed by atoms with van der Waals surface area (Å²) in [6.45, 7) is 5.17. The monoisotopic (exact) mass is 398 g/mol. The van der Waals surface area contributed by atoms with Crippen LogP contribution in [-0.4, -0.2) is 32.6 Å². The van der Waals surface area contributed by atoms with Gasteiger partial charge in [-0.15, -0.1) is 0 Å². The molecule has 0 amide bonds. The predicted octanol–water partition coefficient (Wildman–Crippen LogP) is 3.40. The summed E-state index contributed by atoms with van der Waals surface area (Å²) in [6, 6.07) is 1.79. The molecule has 0 saturated heterocycles. The number of hydrogen-bond donors (Lipinski definition) is 1. The van der Waals surface area contributed by atoms with Crippen molar-refractivity contribution in [2.45, 2.75) is 65.5 Å². The highest BCUT2D eigenvalue weighted by molar-refractivity contribution is 6.08. The quantitative estimate of drug-likeness (QED) is 0.587. The van der Waals surface area contributed by atoms with Gasteiger partial charge in [-0.05, 0) is 58.1 Å². The standard InChI is InChI=1S/C21H26N4O4/c1-4-25-20(27)18(23-16-12-22-11-10-13(16)2)17(14(3)26)19(24-25)21(28)29-15-8-6-5-7-9-15/h10-12,15,23H,4-9H2,1-3H3. The number of ketones is 1. The number of rotatable bonds is 6. The highest BCUT2D eigenvalue weighted by Crippen LogP contribution is 2.25. The minimum Gasteiger partial charge on any atom is -0.458 e. The summed E-state index contributed by atoms with van der Waals surface area (Å²) in [5.41, 5.74) is 0.779. The van der Waals surface area contributed by atoms with Gasteiger partial charge in [-0.25, -0.2) is 9.48 Å². The Hall–Kier alpha value is -3.03. The van der Waals surface area contributed by atoms with E-state index in [0.717, 1.165) is 42.3 Å². The minimum absolute atomic E-state index is 0.0149. The molecule has 1 N–H and O–H groups in total. The number of nitrogens with one attached hydrogen (secondary N) is 1. The van der Waals surface area contributed by atoms with Crippen LogP contribution in [0.5, 0.6) is 0 Å². The van der Waals surface area contributed by atoms with Crippen LogP contribution >= 0.6 is 0 Å². The third kappa shape index (κ3) is 4.52. The molecule has 0 bridgehead atoms. The number of nitrogens with zero attached hydrogens (tertiary/aromatic N) is 3. The summed E-state index contributed by atoms with van der Waals surface area (Å²) < 4.78 is 6.79. The first-order valence-electron chi connectivity index (χ1n) is 9.97. The number of hydrogen-bond acceptors (Lipinski definition) is 7. The number of aromatic nitrogens is 3. The molecule has 154 valence electrons. The predicted molar refractivity (Wildman–Crippen MR) is 109 cm³/mol. The van der Waals surface area contributed by atoms with Crippen molar-refractivity contribution in [2.75, 3.05) is 5.32 Å². The Morgan fingerprint density at radius 2 is 2.00 bits per heavy atom. The van der Waals surface area contributed by atoms with E-state index in [-0.39, 0.29) is 29.6 Å². The molecule has 29 heavy (non-hydrogen) atoms. The molecule has 1 fully saturated rings. The van der Waals surface area contributed by atoms with Crippen molar-refractivity contribution in [1.82, 2.24) is 14.8 Å². The van der Waals surface area contributed by atoms with Gasteiger partial charge in [-0.3, -0.25) is 14.6 Å². The van der Waals surface area contributed by atoms with Gasteiger partial charge in [0.05, 0.1) is 17.4 Å². The lowest BCUT2D eigenvalue weighted by atomic mass is 9.98. The molecule has 0 spiro atoms. The van der Waals surface area contributed by atoms with E-state index < -0.39 is 17.3 Å². The molecule has 1 aliphatic rings. The largest absolute Gasteiger partial charge is 0.458 e. The fourth-order valence-corrected chi connectivity index (χ4v) is 3.51. The fraction of sp³-hybridized carbons (Fsp3) is 0.476. The van der Waals surface area contributed by atoms with Gasteiger partial charge in [0.2, 0.25) is 0 Å². The molecule has 0 aliphatic heterocycles. The van der Waals surface area contributed by atoms with Gasteiger partial charge < -0.3 is 10.1 Å².